The highest BCUT2D eigenvalue weighted by atomic mass is 35.5. The lowest BCUT2D eigenvalue weighted by atomic mass is 10.2. The van der Waals surface area contributed by atoms with E-state index in [1.165, 1.54) is 36.6 Å². The molecule has 0 spiro atoms. The number of amides is 1. The summed E-state index contributed by atoms with van der Waals surface area (Å²) in [7, 11) is -2.61. The Labute approximate surface area is 187 Å². The van der Waals surface area contributed by atoms with Crippen LogP contribution in [0.1, 0.15) is 34.1 Å². The van der Waals surface area contributed by atoms with E-state index in [1.807, 2.05) is 0 Å². The Hall–Kier alpha value is -2.20. The molecule has 1 aromatic heterocycles. The Balaban J connectivity index is 1.59. The summed E-state index contributed by atoms with van der Waals surface area (Å²) in [6.45, 7) is 0. The highest BCUT2D eigenvalue weighted by Gasteiger charge is 2.28. The van der Waals surface area contributed by atoms with Crippen molar-refractivity contribution in [3.05, 3.63) is 63.1 Å². The molecule has 0 unspecified atom stereocenters. The van der Waals surface area contributed by atoms with Gasteiger partial charge in [0.05, 0.1) is 10.7 Å². The first kappa shape index (κ1) is 21.0. The first-order valence-electron chi connectivity index (χ1n) is 8.94. The average Bonchev–Trinajstić information content (AvgIpc) is 3.47. The van der Waals surface area contributed by atoms with Gasteiger partial charge in [-0.2, -0.15) is 0 Å². The summed E-state index contributed by atoms with van der Waals surface area (Å²) < 4.78 is 27.3. The molecule has 1 N–H and O–H groups in total. The third-order valence-electron chi connectivity index (χ3n) is 4.61. The van der Waals surface area contributed by atoms with Gasteiger partial charge in [-0.3, -0.25) is 14.4 Å². The van der Waals surface area contributed by atoms with Gasteiger partial charge in [-0.25, -0.2) is 8.42 Å². The van der Waals surface area contributed by atoms with E-state index < -0.39 is 15.9 Å². The number of anilines is 2. The fourth-order valence-corrected chi connectivity index (χ4v) is 5.46. The Bertz CT molecular complexity index is 1210. The number of rotatable bonds is 6. The molecule has 0 radical (unpaired) electrons. The zero-order valence-electron chi connectivity index (χ0n) is 15.7. The number of hydrogen-bond donors (Lipinski definition) is 1. The lowest BCUT2D eigenvalue weighted by Crippen LogP contribution is -2.27. The third-order valence-corrected chi connectivity index (χ3v) is 8.13. The van der Waals surface area contributed by atoms with Crippen LogP contribution in [-0.2, 0) is 10.0 Å². The van der Waals surface area contributed by atoms with Crippen molar-refractivity contribution in [2.45, 2.75) is 23.7 Å². The third kappa shape index (κ3) is 4.29. The van der Waals surface area contributed by atoms with Crippen LogP contribution < -0.4 is 9.62 Å². The smallest absolute Gasteiger partial charge is 0.265 e. The van der Waals surface area contributed by atoms with Crippen molar-refractivity contribution >= 4 is 61.3 Å². The molecule has 7 nitrogen and oxygen atoms in total. The van der Waals surface area contributed by atoms with Crippen LogP contribution in [0.4, 0.5) is 10.8 Å². The van der Waals surface area contributed by atoms with E-state index in [2.05, 4.69) is 15.5 Å². The van der Waals surface area contributed by atoms with Crippen LogP contribution in [0.15, 0.2) is 47.4 Å². The average molecular weight is 483 g/mol. The number of carbonyl (C=O) groups excluding carboxylic acids is 1. The largest absolute Gasteiger partial charge is 0.296 e. The molecule has 156 valence electrons. The maximum Gasteiger partial charge on any atom is 0.265 e. The van der Waals surface area contributed by atoms with Gasteiger partial charge in [-0.1, -0.05) is 34.5 Å². The fraction of sp³-hybridized carbons (Fsp3) is 0.211. The SMILES string of the molecule is CN(c1ccc(Cl)cc1)S(=O)(=O)c1cc(C(=O)Nc2nnc(C3CC3)s2)ccc1Cl. The van der Waals surface area contributed by atoms with E-state index in [9.17, 15) is 13.2 Å². The van der Waals surface area contributed by atoms with Crippen molar-refractivity contribution in [3.8, 4) is 0 Å². The second kappa shape index (κ2) is 8.14. The van der Waals surface area contributed by atoms with Crippen molar-refractivity contribution in [3.63, 3.8) is 0 Å². The molecule has 0 aliphatic heterocycles. The molecule has 1 heterocycles. The van der Waals surface area contributed by atoms with E-state index >= 15 is 0 Å². The van der Waals surface area contributed by atoms with E-state index in [4.69, 9.17) is 23.2 Å². The van der Waals surface area contributed by atoms with Crippen molar-refractivity contribution in [1.82, 2.24) is 10.2 Å². The standard InChI is InChI=1S/C19H16Cl2N4O3S2/c1-25(14-7-5-13(20)6-8-14)30(27,28)16-10-12(4-9-15(16)21)17(26)22-19-24-23-18(29-19)11-2-3-11/h4-11H,2-3H2,1H3,(H,22,24,26). The molecule has 1 amide bonds. The van der Waals surface area contributed by atoms with Gasteiger partial charge in [-0.05, 0) is 55.3 Å². The highest BCUT2D eigenvalue weighted by Crippen LogP contribution is 2.42. The Morgan fingerprint density at radius 2 is 1.83 bits per heavy atom. The molecule has 0 saturated heterocycles. The molecular weight excluding hydrogens is 467 g/mol. The topological polar surface area (TPSA) is 92.3 Å². The van der Waals surface area contributed by atoms with Gasteiger partial charge >= 0.3 is 0 Å². The van der Waals surface area contributed by atoms with Gasteiger partial charge < -0.3 is 0 Å². The van der Waals surface area contributed by atoms with Crippen LogP contribution in [-0.4, -0.2) is 31.6 Å². The number of halogens is 2. The number of nitrogens with zero attached hydrogens (tertiary/aromatic N) is 3. The molecule has 1 aliphatic rings. The summed E-state index contributed by atoms with van der Waals surface area (Å²) in [6.07, 6.45) is 2.17. The fourth-order valence-electron chi connectivity index (χ4n) is 2.73. The molecule has 1 fully saturated rings. The molecule has 4 rings (SSSR count). The predicted octanol–water partition coefficient (Wildman–Crippen LogP) is 4.80. The zero-order valence-corrected chi connectivity index (χ0v) is 18.8. The van der Waals surface area contributed by atoms with Crippen molar-refractivity contribution in [2.75, 3.05) is 16.7 Å². The van der Waals surface area contributed by atoms with Crippen LogP contribution >= 0.6 is 34.5 Å². The minimum atomic E-state index is -4.01. The van der Waals surface area contributed by atoms with Crippen LogP contribution in [0, 0.1) is 0 Å². The van der Waals surface area contributed by atoms with Crippen molar-refractivity contribution in [1.29, 1.82) is 0 Å². The molecule has 30 heavy (non-hydrogen) atoms. The summed E-state index contributed by atoms with van der Waals surface area (Å²) in [5.74, 6) is -0.0559. The van der Waals surface area contributed by atoms with Gasteiger partial charge in [0.15, 0.2) is 0 Å². The summed E-state index contributed by atoms with van der Waals surface area (Å²) in [5, 5.41) is 12.5. The Morgan fingerprint density at radius 1 is 1.13 bits per heavy atom. The quantitative estimate of drug-likeness (QED) is 0.544. The molecular formula is C19H16Cl2N4O3S2. The second-order valence-electron chi connectivity index (χ2n) is 6.77. The zero-order chi connectivity index (χ0) is 21.5. The number of aromatic nitrogens is 2. The monoisotopic (exact) mass is 482 g/mol. The van der Waals surface area contributed by atoms with Gasteiger partial charge in [0.25, 0.3) is 15.9 Å². The van der Waals surface area contributed by atoms with Crippen LogP contribution in [0.25, 0.3) is 0 Å². The van der Waals surface area contributed by atoms with Gasteiger partial charge in [0.1, 0.15) is 9.90 Å². The predicted molar refractivity (Wildman–Crippen MR) is 118 cm³/mol. The van der Waals surface area contributed by atoms with Crippen LogP contribution in [0.2, 0.25) is 10.0 Å². The van der Waals surface area contributed by atoms with Gasteiger partial charge in [0.2, 0.25) is 5.13 Å². The van der Waals surface area contributed by atoms with Crippen molar-refractivity contribution < 1.29 is 13.2 Å². The molecule has 0 bridgehead atoms. The van der Waals surface area contributed by atoms with E-state index in [1.54, 1.807) is 24.3 Å². The summed E-state index contributed by atoms with van der Waals surface area (Å²) in [5.41, 5.74) is 0.553. The second-order valence-corrected chi connectivity index (χ2v) is 10.6. The van der Waals surface area contributed by atoms with Gasteiger partial charge in [0, 0.05) is 23.6 Å². The first-order valence-corrected chi connectivity index (χ1v) is 12.0. The highest BCUT2D eigenvalue weighted by molar-refractivity contribution is 7.93. The number of benzene rings is 2. The molecule has 0 atom stereocenters. The number of hydrogen-bond acceptors (Lipinski definition) is 6. The Morgan fingerprint density at radius 3 is 2.50 bits per heavy atom. The molecule has 3 aromatic rings. The van der Waals surface area contributed by atoms with Crippen LogP contribution in [0.3, 0.4) is 0 Å². The molecule has 2 aromatic carbocycles. The molecule has 1 aliphatic carbocycles. The van der Waals surface area contributed by atoms with Crippen LogP contribution in [0.5, 0.6) is 0 Å². The maximum atomic E-state index is 13.1. The number of carbonyl (C=O) groups is 1. The number of sulfonamides is 1. The number of nitrogens with one attached hydrogen (secondary N) is 1. The van der Waals surface area contributed by atoms with E-state index in [0.29, 0.717) is 21.8 Å². The van der Waals surface area contributed by atoms with E-state index in [-0.39, 0.29) is 15.5 Å². The maximum absolute atomic E-state index is 13.1. The minimum absolute atomic E-state index is 0.0132. The lowest BCUT2D eigenvalue weighted by molar-refractivity contribution is 0.102. The summed E-state index contributed by atoms with van der Waals surface area (Å²) in [6, 6.07) is 10.4. The molecule has 11 heteroatoms. The van der Waals surface area contributed by atoms with Crippen molar-refractivity contribution in [2.24, 2.45) is 0 Å². The molecule has 1 saturated carbocycles. The van der Waals surface area contributed by atoms with Gasteiger partial charge in [-0.15, -0.1) is 10.2 Å². The van der Waals surface area contributed by atoms with E-state index in [0.717, 1.165) is 22.2 Å². The lowest BCUT2D eigenvalue weighted by Gasteiger charge is -2.20. The minimum Gasteiger partial charge on any atom is -0.296 e. The summed E-state index contributed by atoms with van der Waals surface area (Å²) in [4.78, 5) is 12.5. The summed E-state index contributed by atoms with van der Waals surface area (Å²) >= 11 is 13.4. The first-order chi connectivity index (χ1) is 14.3. The Kier molecular flexibility index (Phi) is 5.71. The normalized spacial score (nSPS) is 13.8.